The molecule has 74 valence electrons. The third-order valence-electron chi connectivity index (χ3n) is 1.81. The molecule has 0 amide bonds. The summed E-state index contributed by atoms with van der Waals surface area (Å²) in [4.78, 5) is 3.67. The fraction of sp³-hybridized carbons (Fsp3) is 0.333. The second-order valence-corrected chi connectivity index (χ2v) is 3.57. The molecule has 2 nitrogen and oxygen atoms in total. The lowest BCUT2D eigenvalue weighted by Gasteiger charge is -2.08. The fourth-order valence-electron chi connectivity index (χ4n) is 1.17. The van der Waals surface area contributed by atoms with Gasteiger partial charge >= 0.3 is 0 Å². The number of hydrogen-bond acceptors (Lipinski definition) is 2. The van der Waals surface area contributed by atoms with Crippen molar-refractivity contribution in [2.24, 2.45) is 0 Å². The van der Waals surface area contributed by atoms with Crippen molar-refractivity contribution < 1.29 is 8.78 Å². The summed E-state index contributed by atoms with van der Waals surface area (Å²) in [7, 11) is 0. The summed E-state index contributed by atoms with van der Waals surface area (Å²) in [5.41, 5.74) is 0.674. The Morgan fingerprint density at radius 1 is 1.64 bits per heavy atom. The highest BCUT2D eigenvalue weighted by molar-refractivity contribution is 9.10. The summed E-state index contributed by atoms with van der Waals surface area (Å²) in [6.07, 6.45) is -2.68. The Balaban J connectivity index is 3.30. The van der Waals surface area contributed by atoms with Crippen LogP contribution >= 0.6 is 15.9 Å². The molecule has 0 saturated heterocycles. The second-order valence-electron chi connectivity index (χ2n) is 2.76. The van der Waals surface area contributed by atoms with E-state index in [1.807, 2.05) is 6.07 Å². The number of hydrogen-bond donors (Lipinski definition) is 0. The predicted octanol–water partition coefficient (Wildman–Crippen LogP) is 3.16. The first kappa shape index (κ1) is 11.1. The van der Waals surface area contributed by atoms with Gasteiger partial charge in [-0.2, -0.15) is 5.26 Å². The minimum Gasteiger partial charge on any atom is -0.240 e. The molecule has 0 saturated carbocycles. The van der Waals surface area contributed by atoms with Crippen molar-refractivity contribution in [2.45, 2.75) is 19.8 Å². The van der Waals surface area contributed by atoms with E-state index < -0.39 is 6.43 Å². The molecular weight excluding hydrogens is 254 g/mol. The molecule has 0 aliphatic heterocycles. The molecule has 0 aliphatic carbocycles. The molecule has 1 aromatic heterocycles. The lowest BCUT2D eigenvalue weighted by Crippen LogP contribution is -2.01. The third-order valence-corrected chi connectivity index (χ3v) is 2.22. The third kappa shape index (κ3) is 2.26. The van der Waals surface area contributed by atoms with Crippen LogP contribution in [0.1, 0.15) is 23.2 Å². The standard InChI is InChI=1S/C9H7BrF2N2/c1-5-4-7(10)14-8(9(11)12)6(5)2-3-13/h4,9H,2H2,1H3. The van der Waals surface area contributed by atoms with Crippen molar-refractivity contribution in [2.75, 3.05) is 0 Å². The number of aryl methyl sites for hydroxylation is 1. The molecule has 5 heteroatoms. The normalized spacial score (nSPS) is 10.3. The summed E-state index contributed by atoms with van der Waals surface area (Å²) in [6.45, 7) is 1.69. The highest BCUT2D eigenvalue weighted by Crippen LogP contribution is 2.26. The van der Waals surface area contributed by atoms with Crippen LogP contribution in [0.15, 0.2) is 10.7 Å². The number of nitrogens with zero attached hydrogens (tertiary/aromatic N) is 2. The van der Waals surface area contributed by atoms with Gasteiger partial charge in [0, 0.05) is 0 Å². The second kappa shape index (κ2) is 4.47. The van der Waals surface area contributed by atoms with Gasteiger partial charge in [-0.05, 0) is 40.0 Å². The highest BCUT2D eigenvalue weighted by atomic mass is 79.9. The van der Waals surface area contributed by atoms with Gasteiger partial charge < -0.3 is 0 Å². The minimum absolute atomic E-state index is 0.0359. The minimum atomic E-state index is -2.64. The average molecular weight is 261 g/mol. The Morgan fingerprint density at radius 3 is 2.79 bits per heavy atom. The Bertz CT molecular complexity index is 385. The van der Waals surface area contributed by atoms with Gasteiger partial charge in [0.2, 0.25) is 0 Å². The Kier molecular flexibility index (Phi) is 3.53. The van der Waals surface area contributed by atoms with Crippen molar-refractivity contribution in [3.8, 4) is 6.07 Å². The number of aromatic nitrogens is 1. The van der Waals surface area contributed by atoms with Crippen LogP contribution in [0.2, 0.25) is 0 Å². The Hall–Kier alpha value is -1.02. The Morgan fingerprint density at radius 2 is 2.29 bits per heavy atom. The molecule has 14 heavy (non-hydrogen) atoms. The van der Waals surface area contributed by atoms with Crippen molar-refractivity contribution >= 4 is 15.9 Å². The van der Waals surface area contributed by atoms with E-state index in [4.69, 9.17) is 5.26 Å². The molecule has 0 bridgehead atoms. The maximum Gasteiger partial charge on any atom is 0.280 e. The van der Waals surface area contributed by atoms with Gasteiger partial charge in [-0.3, -0.25) is 0 Å². The first-order valence-electron chi connectivity index (χ1n) is 3.87. The molecular formula is C9H7BrF2N2. The molecule has 0 aromatic carbocycles. The average Bonchev–Trinajstić information content (AvgIpc) is 2.09. The smallest absolute Gasteiger partial charge is 0.240 e. The van der Waals surface area contributed by atoms with Crippen molar-refractivity contribution in [1.82, 2.24) is 4.98 Å². The topological polar surface area (TPSA) is 36.7 Å². The lowest BCUT2D eigenvalue weighted by molar-refractivity contribution is 0.144. The molecule has 0 unspecified atom stereocenters. The van der Waals surface area contributed by atoms with Gasteiger partial charge in [-0.25, -0.2) is 13.8 Å². The van der Waals surface area contributed by atoms with E-state index in [0.29, 0.717) is 15.7 Å². The molecule has 0 fully saturated rings. The van der Waals surface area contributed by atoms with E-state index in [1.54, 1.807) is 13.0 Å². The molecule has 1 aromatic rings. The zero-order valence-electron chi connectivity index (χ0n) is 7.39. The van der Waals surface area contributed by atoms with E-state index in [-0.39, 0.29) is 12.1 Å². The summed E-state index contributed by atoms with van der Waals surface area (Å²) in [5.74, 6) is 0. The van der Waals surface area contributed by atoms with E-state index in [9.17, 15) is 8.78 Å². The summed E-state index contributed by atoms with van der Waals surface area (Å²) >= 11 is 3.04. The van der Waals surface area contributed by atoms with Crippen LogP contribution < -0.4 is 0 Å². The van der Waals surface area contributed by atoms with Gasteiger partial charge in [0.25, 0.3) is 6.43 Å². The molecule has 0 spiro atoms. The SMILES string of the molecule is Cc1cc(Br)nc(C(F)F)c1CC#N. The van der Waals surface area contributed by atoms with Crippen LogP contribution in [0.3, 0.4) is 0 Å². The van der Waals surface area contributed by atoms with Crippen LogP contribution in [-0.2, 0) is 6.42 Å². The van der Waals surface area contributed by atoms with Gasteiger partial charge in [0.15, 0.2) is 0 Å². The predicted molar refractivity (Wildman–Crippen MR) is 50.9 cm³/mol. The largest absolute Gasteiger partial charge is 0.280 e. The Labute approximate surface area is 88.7 Å². The molecule has 0 aliphatic rings. The maximum absolute atomic E-state index is 12.5. The number of halogens is 3. The number of pyridine rings is 1. The first-order valence-corrected chi connectivity index (χ1v) is 4.66. The monoisotopic (exact) mass is 260 g/mol. The summed E-state index contributed by atoms with van der Waals surface area (Å²) in [5, 5.41) is 8.49. The summed E-state index contributed by atoms with van der Waals surface area (Å²) in [6, 6.07) is 3.47. The van der Waals surface area contributed by atoms with Gasteiger partial charge in [-0.1, -0.05) is 0 Å². The zero-order valence-corrected chi connectivity index (χ0v) is 8.98. The number of nitriles is 1. The quantitative estimate of drug-likeness (QED) is 0.766. The van der Waals surface area contributed by atoms with Crippen LogP contribution in [0.4, 0.5) is 8.78 Å². The lowest BCUT2D eigenvalue weighted by atomic mass is 10.1. The van der Waals surface area contributed by atoms with Gasteiger partial charge in [0.1, 0.15) is 10.3 Å². The van der Waals surface area contributed by atoms with Crippen molar-refractivity contribution in [1.29, 1.82) is 5.26 Å². The molecule has 1 rings (SSSR count). The first-order chi connectivity index (χ1) is 6.56. The van der Waals surface area contributed by atoms with Crippen LogP contribution in [0.25, 0.3) is 0 Å². The maximum atomic E-state index is 12.5. The summed E-state index contributed by atoms with van der Waals surface area (Å²) < 4.78 is 25.4. The van der Waals surface area contributed by atoms with Gasteiger partial charge in [0.05, 0.1) is 12.5 Å². The number of rotatable bonds is 2. The van der Waals surface area contributed by atoms with Crippen LogP contribution in [0.5, 0.6) is 0 Å². The number of alkyl halides is 2. The highest BCUT2D eigenvalue weighted by Gasteiger charge is 2.17. The fourth-order valence-corrected chi connectivity index (χ4v) is 1.71. The molecule has 0 radical (unpaired) electrons. The van der Waals surface area contributed by atoms with Crippen LogP contribution in [-0.4, -0.2) is 4.98 Å². The van der Waals surface area contributed by atoms with Gasteiger partial charge in [-0.15, -0.1) is 0 Å². The van der Waals surface area contributed by atoms with E-state index in [0.717, 1.165) is 0 Å². The van der Waals surface area contributed by atoms with E-state index in [2.05, 4.69) is 20.9 Å². The van der Waals surface area contributed by atoms with Crippen molar-refractivity contribution in [3.05, 3.63) is 27.5 Å². The van der Waals surface area contributed by atoms with E-state index >= 15 is 0 Å². The zero-order chi connectivity index (χ0) is 10.7. The van der Waals surface area contributed by atoms with E-state index in [1.165, 1.54) is 0 Å². The molecule has 0 N–H and O–H groups in total. The van der Waals surface area contributed by atoms with Crippen molar-refractivity contribution in [3.63, 3.8) is 0 Å². The molecule has 0 atom stereocenters. The molecule has 1 heterocycles. The van der Waals surface area contributed by atoms with Crippen LogP contribution in [0, 0.1) is 18.3 Å².